The van der Waals surface area contributed by atoms with Crippen LogP contribution in [0, 0.1) is 0 Å². The molecule has 4 heteroatoms. The number of hydrogen-bond donors (Lipinski definition) is 0. The number of amides is 1. The second-order valence-electron chi connectivity index (χ2n) is 6.37. The SMILES string of the molecule is C=CC(=O)N1CCC(c2cc(-c3ccccc3)cc3cncnc23)C1. The predicted octanol–water partition coefficient (Wildman–Crippen LogP) is 3.80. The van der Waals surface area contributed by atoms with E-state index in [2.05, 4.69) is 40.8 Å². The fourth-order valence-corrected chi connectivity index (χ4v) is 3.58. The minimum atomic E-state index is 0.000598. The number of hydrogen-bond acceptors (Lipinski definition) is 3. The molecule has 2 heterocycles. The van der Waals surface area contributed by atoms with Gasteiger partial charge in [-0.2, -0.15) is 0 Å². The maximum Gasteiger partial charge on any atom is 0.245 e. The Bertz CT molecular complexity index is 936. The monoisotopic (exact) mass is 329 g/mol. The summed E-state index contributed by atoms with van der Waals surface area (Å²) in [5.41, 5.74) is 4.50. The molecule has 4 nitrogen and oxygen atoms in total. The highest BCUT2D eigenvalue weighted by Gasteiger charge is 2.28. The Kier molecular flexibility index (Phi) is 4.02. The molecule has 0 N–H and O–H groups in total. The summed E-state index contributed by atoms with van der Waals surface area (Å²) in [5, 5.41) is 1.03. The van der Waals surface area contributed by atoms with Gasteiger partial charge in [0.05, 0.1) is 5.52 Å². The van der Waals surface area contributed by atoms with Crippen molar-refractivity contribution < 1.29 is 4.79 Å². The van der Waals surface area contributed by atoms with Crippen LogP contribution in [-0.2, 0) is 4.79 Å². The Morgan fingerprint density at radius 3 is 2.84 bits per heavy atom. The lowest BCUT2D eigenvalue weighted by atomic mass is 9.92. The molecule has 1 unspecified atom stereocenters. The first-order valence-electron chi connectivity index (χ1n) is 8.46. The molecule has 4 rings (SSSR count). The molecule has 0 spiro atoms. The largest absolute Gasteiger partial charge is 0.339 e. The fourth-order valence-electron chi connectivity index (χ4n) is 3.58. The number of rotatable bonds is 3. The zero-order valence-electron chi connectivity index (χ0n) is 13.9. The summed E-state index contributed by atoms with van der Waals surface area (Å²) in [6.07, 6.45) is 5.79. The van der Waals surface area contributed by atoms with Crippen molar-refractivity contribution in [3.05, 3.63) is 73.2 Å². The molecule has 1 saturated heterocycles. The number of benzene rings is 2. The first kappa shape index (κ1) is 15.5. The van der Waals surface area contributed by atoms with E-state index in [9.17, 15) is 4.79 Å². The van der Waals surface area contributed by atoms with Crippen LogP contribution >= 0.6 is 0 Å². The van der Waals surface area contributed by atoms with Crippen molar-refractivity contribution in [3.8, 4) is 11.1 Å². The van der Waals surface area contributed by atoms with Crippen LogP contribution in [0.15, 0.2) is 67.6 Å². The van der Waals surface area contributed by atoms with Crippen LogP contribution in [0.2, 0.25) is 0 Å². The summed E-state index contributed by atoms with van der Waals surface area (Å²) in [4.78, 5) is 22.5. The third-order valence-corrected chi connectivity index (χ3v) is 4.86. The van der Waals surface area contributed by atoms with Gasteiger partial charge in [0.1, 0.15) is 6.33 Å². The van der Waals surface area contributed by atoms with Crippen LogP contribution in [0.1, 0.15) is 17.9 Å². The van der Waals surface area contributed by atoms with E-state index >= 15 is 0 Å². The third kappa shape index (κ3) is 2.91. The minimum Gasteiger partial charge on any atom is -0.339 e. The molecule has 0 radical (unpaired) electrons. The second kappa shape index (κ2) is 6.48. The molecule has 1 amide bonds. The second-order valence-corrected chi connectivity index (χ2v) is 6.37. The number of likely N-dealkylation sites (tertiary alicyclic amines) is 1. The minimum absolute atomic E-state index is 0.000598. The van der Waals surface area contributed by atoms with E-state index in [0.717, 1.165) is 29.4 Å². The summed E-state index contributed by atoms with van der Waals surface area (Å²) in [7, 11) is 0. The Morgan fingerprint density at radius 1 is 1.20 bits per heavy atom. The van der Waals surface area contributed by atoms with Crippen LogP contribution in [0.4, 0.5) is 0 Å². The molecule has 25 heavy (non-hydrogen) atoms. The van der Waals surface area contributed by atoms with Gasteiger partial charge in [0.15, 0.2) is 0 Å². The van der Waals surface area contributed by atoms with Gasteiger partial charge >= 0.3 is 0 Å². The molecule has 1 aliphatic rings. The van der Waals surface area contributed by atoms with Crippen molar-refractivity contribution in [1.82, 2.24) is 14.9 Å². The van der Waals surface area contributed by atoms with Crippen LogP contribution < -0.4 is 0 Å². The van der Waals surface area contributed by atoms with Crippen LogP contribution in [0.25, 0.3) is 22.0 Å². The molecule has 1 atom stereocenters. The molecule has 2 aromatic carbocycles. The Balaban J connectivity index is 1.80. The highest BCUT2D eigenvalue weighted by atomic mass is 16.2. The summed E-state index contributed by atoms with van der Waals surface area (Å²) in [6, 6.07) is 14.7. The lowest BCUT2D eigenvalue weighted by molar-refractivity contribution is -0.125. The normalized spacial score (nSPS) is 17.0. The van der Waals surface area contributed by atoms with Crippen LogP contribution in [0.3, 0.4) is 0 Å². The first-order valence-corrected chi connectivity index (χ1v) is 8.46. The van der Waals surface area contributed by atoms with Crippen molar-refractivity contribution in [2.24, 2.45) is 0 Å². The maximum absolute atomic E-state index is 11.9. The third-order valence-electron chi connectivity index (χ3n) is 4.86. The lowest BCUT2D eigenvalue weighted by Gasteiger charge is -2.17. The van der Waals surface area contributed by atoms with Gasteiger partial charge in [-0.25, -0.2) is 9.97 Å². The van der Waals surface area contributed by atoms with Crippen LogP contribution in [0.5, 0.6) is 0 Å². The highest BCUT2D eigenvalue weighted by molar-refractivity contribution is 5.89. The van der Waals surface area contributed by atoms with E-state index < -0.39 is 0 Å². The van der Waals surface area contributed by atoms with E-state index in [0.29, 0.717) is 6.54 Å². The molecule has 0 aliphatic carbocycles. The Hall–Kier alpha value is -3.01. The van der Waals surface area contributed by atoms with Crippen molar-refractivity contribution in [1.29, 1.82) is 0 Å². The zero-order valence-corrected chi connectivity index (χ0v) is 13.9. The average molecular weight is 329 g/mol. The van der Waals surface area contributed by atoms with Gasteiger partial charge in [-0.05, 0) is 41.3 Å². The quantitative estimate of drug-likeness (QED) is 0.687. The predicted molar refractivity (Wildman–Crippen MR) is 99.1 cm³/mol. The highest BCUT2D eigenvalue weighted by Crippen LogP contribution is 2.35. The molecule has 1 fully saturated rings. The molecular weight excluding hydrogens is 310 g/mol. The van der Waals surface area contributed by atoms with E-state index in [1.165, 1.54) is 17.2 Å². The molecular formula is C21H19N3O. The topological polar surface area (TPSA) is 46.1 Å². The van der Waals surface area contributed by atoms with E-state index in [1.807, 2.05) is 29.3 Å². The number of carbonyl (C=O) groups is 1. The fraction of sp³-hybridized carbons (Fsp3) is 0.190. The zero-order chi connectivity index (χ0) is 17.2. The summed E-state index contributed by atoms with van der Waals surface area (Å²) in [6.45, 7) is 5.07. The molecule has 1 aromatic heterocycles. The molecule has 0 saturated carbocycles. The van der Waals surface area contributed by atoms with Gasteiger partial charge in [-0.3, -0.25) is 4.79 Å². The smallest absolute Gasteiger partial charge is 0.245 e. The van der Waals surface area contributed by atoms with Gasteiger partial charge in [-0.15, -0.1) is 0 Å². The Labute approximate surface area is 146 Å². The Morgan fingerprint density at radius 2 is 2.04 bits per heavy atom. The van der Waals surface area contributed by atoms with Crippen molar-refractivity contribution >= 4 is 16.8 Å². The summed E-state index contributed by atoms with van der Waals surface area (Å²) in [5.74, 6) is 0.283. The number of aromatic nitrogens is 2. The molecule has 1 aliphatic heterocycles. The van der Waals surface area contributed by atoms with Gasteiger partial charge in [0, 0.05) is 30.6 Å². The summed E-state index contributed by atoms with van der Waals surface area (Å²) < 4.78 is 0. The molecule has 3 aromatic rings. The van der Waals surface area contributed by atoms with Crippen molar-refractivity contribution in [2.75, 3.05) is 13.1 Å². The number of carbonyl (C=O) groups excluding carboxylic acids is 1. The van der Waals surface area contributed by atoms with Gasteiger partial charge < -0.3 is 4.90 Å². The van der Waals surface area contributed by atoms with E-state index in [4.69, 9.17) is 0 Å². The van der Waals surface area contributed by atoms with E-state index in [1.54, 1.807) is 6.33 Å². The van der Waals surface area contributed by atoms with Gasteiger partial charge in [-0.1, -0.05) is 36.9 Å². The van der Waals surface area contributed by atoms with E-state index in [-0.39, 0.29) is 11.8 Å². The average Bonchev–Trinajstić information content (AvgIpc) is 3.17. The number of nitrogens with zero attached hydrogens (tertiary/aromatic N) is 3. The van der Waals surface area contributed by atoms with Crippen LogP contribution in [-0.4, -0.2) is 33.9 Å². The van der Waals surface area contributed by atoms with Gasteiger partial charge in [0.2, 0.25) is 5.91 Å². The van der Waals surface area contributed by atoms with Gasteiger partial charge in [0.25, 0.3) is 0 Å². The van der Waals surface area contributed by atoms with Crippen molar-refractivity contribution in [3.63, 3.8) is 0 Å². The molecule has 124 valence electrons. The molecule has 0 bridgehead atoms. The first-order chi connectivity index (χ1) is 12.3. The number of fused-ring (bicyclic) bond motifs is 1. The summed E-state index contributed by atoms with van der Waals surface area (Å²) >= 11 is 0. The lowest BCUT2D eigenvalue weighted by Crippen LogP contribution is -2.26. The maximum atomic E-state index is 11.9. The standard InChI is InChI=1S/C21H19N3O/c1-2-20(25)24-9-8-16(13-24)19-11-17(15-6-4-3-5-7-15)10-18-12-22-14-23-21(18)19/h2-7,10-12,14,16H,1,8-9,13H2. The van der Waals surface area contributed by atoms with Crippen molar-refractivity contribution in [2.45, 2.75) is 12.3 Å².